The summed E-state index contributed by atoms with van der Waals surface area (Å²) >= 11 is 5.95. The molecular weight excluding hydrogens is 390 g/mol. The van der Waals surface area contributed by atoms with Gasteiger partial charge in [-0.2, -0.15) is 0 Å². The van der Waals surface area contributed by atoms with Crippen LogP contribution in [0, 0.1) is 0 Å². The number of ether oxygens (including phenoxy) is 2. The molecule has 2 aromatic carbocycles. The molecule has 1 heterocycles. The number of rotatable bonds is 5. The number of anilines is 1. The van der Waals surface area contributed by atoms with Gasteiger partial charge in [-0.25, -0.2) is 8.42 Å². The van der Waals surface area contributed by atoms with Crippen LogP contribution in [0.25, 0.3) is 0 Å². The van der Waals surface area contributed by atoms with Crippen LogP contribution in [0.4, 0.5) is 5.69 Å². The lowest BCUT2D eigenvalue weighted by molar-refractivity contribution is 0.0982. The third-order valence-corrected chi connectivity index (χ3v) is 5.79. The fourth-order valence-corrected chi connectivity index (χ4v) is 4.25. The first-order valence-electron chi connectivity index (χ1n) is 8.06. The minimum atomic E-state index is -3.35. The molecule has 0 aromatic heterocycles. The van der Waals surface area contributed by atoms with Gasteiger partial charge in [-0.05, 0) is 42.5 Å². The number of benzene rings is 2. The van der Waals surface area contributed by atoms with Gasteiger partial charge in [-0.1, -0.05) is 11.6 Å². The van der Waals surface area contributed by atoms with E-state index in [1.54, 1.807) is 42.5 Å². The number of halogens is 1. The van der Waals surface area contributed by atoms with E-state index >= 15 is 0 Å². The number of hydrogen-bond acceptors (Lipinski definition) is 5. The van der Waals surface area contributed by atoms with Gasteiger partial charge < -0.3 is 14.4 Å². The Kier molecular flexibility index (Phi) is 5.43. The Balaban J connectivity index is 2.06. The molecular formula is C19H18ClNO5S. The summed E-state index contributed by atoms with van der Waals surface area (Å²) in [6.45, 7) is 0. The van der Waals surface area contributed by atoms with Crippen molar-refractivity contribution in [3.63, 3.8) is 0 Å². The summed E-state index contributed by atoms with van der Waals surface area (Å²) in [7, 11) is -0.363. The second-order valence-electron chi connectivity index (χ2n) is 5.98. The van der Waals surface area contributed by atoms with Gasteiger partial charge in [0.1, 0.15) is 11.5 Å². The maximum Gasteiger partial charge on any atom is 0.259 e. The molecule has 0 aliphatic carbocycles. The SMILES string of the molecule is COc1cc(OC)cc(C(=O)N(c2ccc(Cl)cc2)[C@H]2C=CS(=O)(=O)C2)c1. The van der Waals surface area contributed by atoms with Gasteiger partial charge in [-0.15, -0.1) is 0 Å². The van der Waals surface area contributed by atoms with Crippen LogP contribution in [0.1, 0.15) is 10.4 Å². The lowest BCUT2D eigenvalue weighted by Crippen LogP contribution is -2.41. The summed E-state index contributed by atoms with van der Waals surface area (Å²) in [6, 6.07) is 10.9. The van der Waals surface area contributed by atoms with Crippen molar-refractivity contribution in [2.45, 2.75) is 6.04 Å². The van der Waals surface area contributed by atoms with Crippen molar-refractivity contribution >= 4 is 33.0 Å². The molecule has 0 saturated carbocycles. The van der Waals surface area contributed by atoms with Crippen molar-refractivity contribution < 1.29 is 22.7 Å². The summed E-state index contributed by atoms with van der Waals surface area (Å²) in [5, 5.41) is 1.66. The van der Waals surface area contributed by atoms with E-state index in [4.69, 9.17) is 21.1 Å². The molecule has 1 aliphatic rings. The predicted octanol–water partition coefficient (Wildman–Crippen LogP) is 3.31. The first-order chi connectivity index (χ1) is 12.8. The Morgan fingerprint density at radius 2 is 1.67 bits per heavy atom. The van der Waals surface area contributed by atoms with Gasteiger partial charge in [-0.3, -0.25) is 4.79 Å². The molecule has 0 N–H and O–H groups in total. The molecule has 0 unspecified atom stereocenters. The third-order valence-electron chi connectivity index (χ3n) is 4.16. The second-order valence-corrected chi connectivity index (χ2v) is 8.35. The van der Waals surface area contributed by atoms with Gasteiger partial charge in [0.05, 0.1) is 26.0 Å². The Bertz CT molecular complexity index is 963. The monoisotopic (exact) mass is 407 g/mol. The van der Waals surface area contributed by atoms with E-state index in [1.807, 2.05) is 0 Å². The van der Waals surface area contributed by atoms with E-state index in [-0.39, 0.29) is 11.7 Å². The summed E-state index contributed by atoms with van der Waals surface area (Å²) in [4.78, 5) is 14.8. The number of nitrogens with zero attached hydrogens (tertiary/aromatic N) is 1. The lowest BCUT2D eigenvalue weighted by Gasteiger charge is -2.28. The van der Waals surface area contributed by atoms with E-state index in [9.17, 15) is 13.2 Å². The van der Waals surface area contributed by atoms with Crippen LogP contribution >= 0.6 is 11.6 Å². The maximum absolute atomic E-state index is 13.3. The van der Waals surface area contributed by atoms with Crippen molar-refractivity contribution in [3.8, 4) is 11.5 Å². The second kappa shape index (κ2) is 7.62. The van der Waals surface area contributed by atoms with Gasteiger partial charge >= 0.3 is 0 Å². The maximum atomic E-state index is 13.3. The van der Waals surface area contributed by atoms with Gasteiger partial charge in [0.2, 0.25) is 0 Å². The summed E-state index contributed by atoms with van der Waals surface area (Å²) < 4.78 is 34.3. The lowest BCUT2D eigenvalue weighted by atomic mass is 10.1. The highest BCUT2D eigenvalue weighted by Gasteiger charge is 2.32. The molecule has 142 valence electrons. The molecule has 0 fully saturated rings. The van der Waals surface area contributed by atoms with Crippen molar-refractivity contribution in [2.75, 3.05) is 24.9 Å². The van der Waals surface area contributed by atoms with Gasteiger partial charge in [0.25, 0.3) is 5.91 Å². The van der Waals surface area contributed by atoms with E-state index in [2.05, 4.69) is 0 Å². The first-order valence-corrected chi connectivity index (χ1v) is 10.2. The fraction of sp³-hybridized carbons (Fsp3) is 0.211. The van der Waals surface area contributed by atoms with E-state index in [0.717, 1.165) is 5.41 Å². The molecule has 3 rings (SSSR count). The Morgan fingerprint density at radius 1 is 1.07 bits per heavy atom. The van der Waals surface area contributed by atoms with Crippen LogP contribution in [0.2, 0.25) is 5.02 Å². The summed E-state index contributed by atoms with van der Waals surface area (Å²) in [6.07, 6.45) is 1.51. The predicted molar refractivity (Wildman–Crippen MR) is 105 cm³/mol. The Morgan fingerprint density at radius 3 is 2.15 bits per heavy atom. The molecule has 0 spiro atoms. The number of sulfone groups is 1. The molecule has 0 radical (unpaired) electrons. The van der Waals surface area contributed by atoms with E-state index < -0.39 is 15.9 Å². The van der Waals surface area contributed by atoms with Crippen LogP contribution in [0.5, 0.6) is 11.5 Å². The highest BCUT2D eigenvalue weighted by molar-refractivity contribution is 7.94. The highest BCUT2D eigenvalue weighted by atomic mass is 35.5. The molecule has 6 nitrogen and oxygen atoms in total. The topological polar surface area (TPSA) is 72.9 Å². The standard InChI is InChI=1S/C19H18ClNO5S/c1-25-17-9-13(10-18(11-17)26-2)19(22)21(15-5-3-14(20)4-6-15)16-7-8-27(23,24)12-16/h3-11,16H,12H2,1-2H3/t16-/m0/s1. The van der Waals surface area contributed by atoms with E-state index in [0.29, 0.717) is 27.8 Å². The van der Waals surface area contributed by atoms with Crippen LogP contribution in [0.3, 0.4) is 0 Å². The normalized spacial score (nSPS) is 17.5. The fourth-order valence-electron chi connectivity index (χ4n) is 2.85. The summed E-state index contributed by atoms with van der Waals surface area (Å²) in [5.74, 6) is 0.371. The number of methoxy groups -OCH3 is 2. The van der Waals surface area contributed by atoms with E-state index in [1.165, 1.54) is 25.2 Å². The van der Waals surface area contributed by atoms with Crippen LogP contribution in [-0.4, -0.2) is 40.3 Å². The van der Waals surface area contributed by atoms with Crippen LogP contribution in [-0.2, 0) is 9.84 Å². The molecule has 1 aliphatic heterocycles. The largest absolute Gasteiger partial charge is 0.497 e. The molecule has 1 amide bonds. The number of carbonyl (C=O) groups is 1. The quantitative estimate of drug-likeness (QED) is 0.760. The van der Waals surface area contributed by atoms with Crippen molar-refractivity contribution in [1.82, 2.24) is 0 Å². The molecule has 0 saturated heterocycles. The van der Waals surface area contributed by atoms with Crippen LogP contribution < -0.4 is 14.4 Å². The van der Waals surface area contributed by atoms with Crippen molar-refractivity contribution in [2.24, 2.45) is 0 Å². The minimum absolute atomic E-state index is 0.178. The number of carbonyl (C=O) groups excluding carboxylic acids is 1. The first kappa shape index (κ1) is 19.3. The van der Waals surface area contributed by atoms with Crippen LogP contribution in [0.15, 0.2) is 53.9 Å². The molecule has 27 heavy (non-hydrogen) atoms. The minimum Gasteiger partial charge on any atom is -0.497 e. The summed E-state index contributed by atoms with van der Waals surface area (Å²) in [5.41, 5.74) is 0.858. The Hall–Kier alpha value is -2.51. The Labute approximate surface area is 162 Å². The molecule has 2 aromatic rings. The zero-order valence-corrected chi connectivity index (χ0v) is 16.3. The highest BCUT2D eigenvalue weighted by Crippen LogP contribution is 2.29. The third kappa shape index (κ3) is 4.26. The number of hydrogen-bond donors (Lipinski definition) is 0. The average Bonchev–Trinajstić information content (AvgIpc) is 3.02. The number of amides is 1. The average molecular weight is 408 g/mol. The zero-order chi connectivity index (χ0) is 19.6. The molecule has 8 heteroatoms. The molecule has 0 bridgehead atoms. The van der Waals surface area contributed by atoms with Gasteiger partial charge in [0.15, 0.2) is 9.84 Å². The zero-order valence-electron chi connectivity index (χ0n) is 14.8. The van der Waals surface area contributed by atoms with Crippen molar-refractivity contribution in [3.05, 3.63) is 64.5 Å². The smallest absolute Gasteiger partial charge is 0.259 e. The van der Waals surface area contributed by atoms with Gasteiger partial charge in [0, 0.05) is 27.7 Å². The molecule has 1 atom stereocenters. The van der Waals surface area contributed by atoms with Crippen molar-refractivity contribution in [1.29, 1.82) is 0 Å².